The second kappa shape index (κ2) is 5.94. The predicted molar refractivity (Wildman–Crippen MR) is 85.3 cm³/mol. The lowest BCUT2D eigenvalue weighted by molar-refractivity contribution is 0.0103. The summed E-state index contributed by atoms with van der Waals surface area (Å²) in [6.45, 7) is 12.5. The fourth-order valence-electron chi connectivity index (χ4n) is 2.94. The monoisotopic (exact) mass is 295 g/mol. The lowest BCUT2D eigenvalue weighted by Crippen LogP contribution is -2.58. The normalized spacial score (nSPS) is 21.6. The summed E-state index contributed by atoms with van der Waals surface area (Å²) in [5.41, 5.74) is 8.58. The first-order chi connectivity index (χ1) is 9.70. The van der Waals surface area contributed by atoms with Gasteiger partial charge in [-0.25, -0.2) is 0 Å². The molecule has 1 aromatic rings. The third kappa shape index (κ3) is 3.56. The number of rotatable bonds is 4. The molecule has 1 saturated heterocycles. The zero-order valence-corrected chi connectivity index (χ0v) is 13.9. The summed E-state index contributed by atoms with van der Waals surface area (Å²) >= 11 is 0. The van der Waals surface area contributed by atoms with Crippen LogP contribution < -0.4 is 5.73 Å². The minimum absolute atomic E-state index is 0.153. The maximum atomic E-state index is 10.4. The van der Waals surface area contributed by atoms with Crippen LogP contribution in [0.25, 0.3) is 0 Å². The van der Waals surface area contributed by atoms with Crippen LogP contribution in [0.5, 0.6) is 0 Å². The summed E-state index contributed by atoms with van der Waals surface area (Å²) in [7, 11) is 2.16. The molecule has 1 aliphatic heterocycles. The van der Waals surface area contributed by atoms with Gasteiger partial charge in [0.05, 0.1) is 29.7 Å². The molecule has 21 heavy (non-hydrogen) atoms. The number of hydrogen-bond acceptors (Lipinski definition) is 5. The zero-order chi connectivity index (χ0) is 15.8. The smallest absolute Gasteiger partial charge is 0.0862 e. The first-order valence-electron chi connectivity index (χ1n) is 7.62. The molecule has 0 spiro atoms. The van der Waals surface area contributed by atoms with E-state index in [9.17, 15) is 5.11 Å². The van der Waals surface area contributed by atoms with Crippen LogP contribution in [-0.2, 0) is 6.54 Å². The molecule has 2 heterocycles. The van der Waals surface area contributed by atoms with Crippen LogP contribution in [0.2, 0.25) is 0 Å². The molecule has 1 atom stereocenters. The van der Waals surface area contributed by atoms with Crippen LogP contribution >= 0.6 is 0 Å². The number of β-amino-alcohol motifs (C(OH)–C–C–N with tert-alkyl or cyclic N) is 1. The van der Waals surface area contributed by atoms with Crippen molar-refractivity contribution in [2.75, 3.05) is 39.0 Å². The highest BCUT2D eigenvalue weighted by Gasteiger charge is 2.31. The van der Waals surface area contributed by atoms with Crippen molar-refractivity contribution in [2.45, 2.75) is 45.9 Å². The molecule has 0 amide bonds. The number of anilines is 1. The summed E-state index contributed by atoms with van der Waals surface area (Å²) in [6, 6.07) is 0. The van der Waals surface area contributed by atoms with E-state index < -0.39 is 6.10 Å². The molecule has 0 radical (unpaired) electrons. The van der Waals surface area contributed by atoms with Gasteiger partial charge in [0.1, 0.15) is 0 Å². The number of aryl methyl sites for hydroxylation is 1. The van der Waals surface area contributed by atoms with Crippen molar-refractivity contribution in [3.63, 3.8) is 0 Å². The largest absolute Gasteiger partial charge is 0.396 e. The summed E-state index contributed by atoms with van der Waals surface area (Å²) < 4.78 is 1.82. The van der Waals surface area contributed by atoms with Crippen molar-refractivity contribution in [3.05, 3.63) is 11.4 Å². The standard InChI is InChI=1S/C15H29N5O/c1-11-14(16)12(2)20(17-11)9-13(21)8-19-7-6-18(5)15(3,4)10-19/h13,21H,6-10,16H2,1-5H3. The highest BCUT2D eigenvalue weighted by Crippen LogP contribution is 2.19. The molecule has 2 rings (SSSR count). The van der Waals surface area contributed by atoms with E-state index in [0.717, 1.165) is 36.7 Å². The number of hydrogen-bond donors (Lipinski definition) is 2. The van der Waals surface area contributed by atoms with Gasteiger partial charge in [-0.2, -0.15) is 5.10 Å². The Hall–Kier alpha value is -1.11. The first kappa shape index (κ1) is 16.3. The summed E-state index contributed by atoms with van der Waals surface area (Å²) in [5.74, 6) is 0. The van der Waals surface area contributed by atoms with Gasteiger partial charge in [-0.1, -0.05) is 0 Å². The molecule has 1 fully saturated rings. The van der Waals surface area contributed by atoms with Crippen LogP contribution in [0.1, 0.15) is 25.2 Å². The average molecular weight is 295 g/mol. The summed E-state index contributed by atoms with van der Waals surface area (Å²) in [5, 5.41) is 14.7. The van der Waals surface area contributed by atoms with E-state index in [0.29, 0.717) is 13.1 Å². The van der Waals surface area contributed by atoms with Crippen molar-refractivity contribution in [1.29, 1.82) is 0 Å². The SMILES string of the molecule is Cc1nn(CC(O)CN2CCN(C)C(C)(C)C2)c(C)c1N. The van der Waals surface area contributed by atoms with E-state index in [1.807, 2.05) is 18.5 Å². The fourth-order valence-corrected chi connectivity index (χ4v) is 2.94. The van der Waals surface area contributed by atoms with Gasteiger partial charge < -0.3 is 10.8 Å². The molecule has 6 heteroatoms. The topological polar surface area (TPSA) is 70.5 Å². The minimum atomic E-state index is -0.429. The molecule has 0 bridgehead atoms. The molecule has 120 valence electrons. The molecule has 0 saturated carbocycles. The average Bonchev–Trinajstić information content (AvgIpc) is 2.61. The van der Waals surface area contributed by atoms with Crippen LogP contribution in [-0.4, -0.2) is 69.6 Å². The van der Waals surface area contributed by atoms with E-state index in [4.69, 9.17) is 5.73 Å². The summed E-state index contributed by atoms with van der Waals surface area (Å²) in [6.07, 6.45) is -0.429. The van der Waals surface area contributed by atoms with Gasteiger partial charge in [-0.15, -0.1) is 0 Å². The minimum Gasteiger partial charge on any atom is -0.396 e. The maximum Gasteiger partial charge on any atom is 0.0862 e. The van der Waals surface area contributed by atoms with Gasteiger partial charge in [0.25, 0.3) is 0 Å². The van der Waals surface area contributed by atoms with Crippen LogP contribution in [0.4, 0.5) is 5.69 Å². The molecule has 1 unspecified atom stereocenters. The quantitative estimate of drug-likeness (QED) is 0.845. The van der Waals surface area contributed by atoms with E-state index >= 15 is 0 Å². The molecular formula is C15H29N5O. The third-order valence-electron chi connectivity index (χ3n) is 4.69. The molecule has 1 aliphatic rings. The molecule has 0 aromatic carbocycles. The predicted octanol–water partition coefficient (Wildman–Crippen LogP) is 0.469. The number of aromatic nitrogens is 2. The highest BCUT2D eigenvalue weighted by molar-refractivity contribution is 5.46. The number of likely N-dealkylation sites (N-methyl/N-ethyl adjacent to an activating group) is 1. The Balaban J connectivity index is 1.93. The van der Waals surface area contributed by atoms with Gasteiger partial charge >= 0.3 is 0 Å². The Labute approximate surface area is 127 Å². The van der Waals surface area contributed by atoms with E-state index in [-0.39, 0.29) is 5.54 Å². The number of piperazine rings is 1. The van der Waals surface area contributed by atoms with Crippen molar-refractivity contribution in [3.8, 4) is 0 Å². The second-order valence-electron chi connectivity index (χ2n) is 6.89. The van der Waals surface area contributed by atoms with Crippen molar-refractivity contribution < 1.29 is 5.11 Å². The number of aliphatic hydroxyl groups is 1. The Bertz CT molecular complexity index is 496. The Kier molecular flexibility index (Phi) is 4.60. The van der Waals surface area contributed by atoms with Gasteiger partial charge in [-0.3, -0.25) is 14.5 Å². The molecule has 6 nitrogen and oxygen atoms in total. The lowest BCUT2D eigenvalue weighted by atomic mass is 9.99. The molecule has 0 aliphatic carbocycles. The maximum absolute atomic E-state index is 10.4. The van der Waals surface area contributed by atoms with Crippen molar-refractivity contribution in [2.24, 2.45) is 0 Å². The number of nitrogen functional groups attached to an aromatic ring is 1. The second-order valence-corrected chi connectivity index (χ2v) is 6.89. The van der Waals surface area contributed by atoms with Crippen LogP contribution in [0.15, 0.2) is 0 Å². The Morgan fingerprint density at radius 1 is 1.29 bits per heavy atom. The number of aliphatic hydroxyl groups excluding tert-OH is 1. The molecule has 1 aromatic heterocycles. The fraction of sp³-hybridized carbons (Fsp3) is 0.800. The van der Waals surface area contributed by atoms with Crippen molar-refractivity contribution in [1.82, 2.24) is 19.6 Å². The van der Waals surface area contributed by atoms with Gasteiger partial charge in [0, 0.05) is 31.7 Å². The first-order valence-corrected chi connectivity index (χ1v) is 7.62. The van der Waals surface area contributed by atoms with E-state index in [1.165, 1.54) is 0 Å². The van der Waals surface area contributed by atoms with Crippen LogP contribution in [0.3, 0.4) is 0 Å². The number of nitrogens with zero attached hydrogens (tertiary/aromatic N) is 4. The highest BCUT2D eigenvalue weighted by atomic mass is 16.3. The molecular weight excluding hydrogens is 266 g/mol. The zero-order valence-electron chi connectivity index (χ0n) is 13.9. The van der Waals surface area contributed by atoms with Crippen LogP contribution in [0, 0.1) is 13.8 Å². The number of nitrogens with two attached hydrogens (primary N) is 1. The van der Waals surface area contributed by atoms with Gasteiger partial charge in [0.15, 0.2) is 0 Å². The third-order valence-corrected chi connectivity index (χ3v) is 4.69. The van der Waals surface area contributed by atoms with Crippen molar-refractivity contribution >= 4 is 5.69 Å². The summed E-state index contributed by atoms with van der Waals surface area (Å²) in [4.78, 5) is 4.71. The van der Waals surface area contributed by atoms with Gasteiger partial charge in [0.2, 0.25) is 0 Å². The van der Waals surface area contributed by atoms with Gasteiger partial charge in [-0.05, 0) is 34.7 Å². The lowest BCUT2D eigenvalue weighted by Gasteiger charge is -2.45. The Morgan fingerprint density at radius 2 is 1.95 bits per heavy atom. The Morgan fingerprint density at radius 3 is 2.48 bits per heavy atom. The van der Waals surface area contributed by atoms with E-state index in [1.54, 1.807) is 0 Å². The van der Waals surface area contributed by atoms with E-state index in [2.05, 4.69) is 35.8 Å². The molecule has 3 N–H and O–H groups in total.